The molecule has 6 nitrogen and oxygen atoms in total. The van der Waals surface area contributed by atoms with Gasteiger partial charge in [0.1, 0.15) is 6.42 Å². The van der Waals surface area contributed by atoms with Crippen LogP contribution in [0.5, 0.6) is 0 Å². The molecule has 0 saturated carbocycles. The molecule has 1 unspecified atom stereocenters. The number of hydrogen-bond acceptors (Lipinski definition) is 4. The van der Waals surface area contributed by atoms with Crippen LogP contribution in [0.1, 0.15) is 25.3 Å². The van der Waals surface area contributed by atoms with E-state index in [1.807, 2.05) is 38.1 Å². The first-order valence-corrected chi connectivity index (χ1v) is 9.49. The first-order chi connectivity index (χ1) is 10.8. The van der Waals surface area contributed by atoms with Gasteiger partial charge in [0, 0.05) is 18.3 Å². The molecule has 1 saturated heterocycles. The minimum absolute atomic E-state index is 0.0394. The Morgan fingerprint density at radius 1 is 1.35 bits per heavy atom. The van der Waals surface area contributed by atoms with Crippen molar-refractivity contribution in [2.24, 2.45) is 0 Å². The molecule has 1 aromatic rings. The molecule has 0 bridgehead atoms. The number of anilines is 1. The van der Waals surface area contributed by atoms with E-state index in [2.05, 4.69) is 5.32 Å². The van der Waals surface area contributed by atoms with E-state index in [4.69, 9.17) is 0 Å². The lowest BCUT2D eigenvalue weighted by atomic mass is 10.2. The van der Waals surface area contributed by atoms with E-state index in [1.54, 1.807) is 4.90 Å². The SMILES string of the molecule is CCN(C(=O)CC(=O)NC1CCS(=O)(=O)C1)c1cccc(C)c1. The van der Waals surface area contributed by atoms with Crippen molar-refractivity contribution >= 4 is 27.3 Å². The van der Waals surface area contributed by atoms with Gasteiger partial charge >= 0.3 is 0 Å². The van der Waals surface area contributed by atoms with E-state index in [-0.39, 0.29) is 29.9 Å². The van der Waals surface area contributed by atoms with Gasteiger partial charge < -0.3 is 10.2 Å². The molecule has 1 N–H and O–H groups in total. The third kappa shape index (κ3) is 4.79. The van der Waals surface area contributed by atoms with Crippen LogP contribution < -0.4 is 10.2 Å². The molecule has 1 aliphatic rings. The summed E-state index contributed by atoms with van der Waals surface area (Å²) < 4.78 is 22.8. The highest BCUT2D eigenvalue weighted by Gasteiger charge is 2.29. The van der Waals surface area contributed by atoms with Gasteiger partial charge in [-0.25, -0.2) is 8.42 Å². The van der Waals surface area contributed by atoms with Crippen LogP contribution in [0.25, 0.3) is 0 Å². The Morgan fingerprint density at radius 2 is 2.09 bits per heavy atom. The average molecular weight is 338 g/mol. The summed E-state index contributed by atoms with van der Waals surface area (Å²) >= 11 is 0. The zero-order chi connectivity index (χ0) is 17.0. The number of nitrogens with one attached hydrogen (secondary N) is 1. The first-order valence-electron chi connectivity index (χ1n) is 7.67. The maximum Gasteiger partial charge on any atom is 0.236 e. The maximum absolute atomic E-state index is 12.3. The summed E-state index contributed by atoms with van der Waals surface area (Å²) in [5, 5.41) is 2.64. The van der Waals surface area contributed by atoms with E-state index in [0.717, 1.165) is 11.3 Å². The van der Waals surface area contributed by atoms with Gasteiger partial charge in [-0.1, -0.05) is 12.1 Å². The monoisotopic (exact) mass is 338 g/mol. The molecular formula is C16H22N2O4S. The fraction of sp³-hybridized carbons (Fsp3) is 0.500. The van der Waals surface area contributed by atoms with Gasteiger partial charge in [0.25, 0.3) is 0 Å². The standard InChI is InChI=1S/C16H22N2O4S/c1-3-18(14-6-4-5-12(2)9-14)16(20)10-15(19)17-13-7-8-23(21,22)11-13/h4-6,9,13H,3,7-8,10-11H2,1-2H3,(H,17,19). The number of rotatable bonds is 5. The lowest BCUT2D eigenvalue weighted by Crippen LogP contribution is -2.40. The fourth-order valence-corrected chi connectivity index (χ4v) is 4.39. The van der Waals surface area contributed by atoms with Gasteiger partial charge in [-0.15, -0.1) is 0 Å². The molecule has 126 valence electrons. The lowest BCUT2D eigenvalue weighted by Gasteiger charge is -2.21. The molecule has 0 aromatic heterocycles. The van der Waals surface area contributed by atoms with Crippen molar-refractivity contribution in [1.29, 1.82) is 0 Å². The summed E-state index contributed by atoms with van der Waals surface area (Å²) in [6, 6.07) is 7.15. The highest BCUT2D eigenvalue weighted by atomic mass is 32.2. The second kappa shape index (κ2) is 7.12. The maximum atomic E-state index is 12.3. The highest BCUT2D eigenvalue weighted by molar-refractivity contribution is 7.91. The van der Waals surface area contributed by atoms with E-state index in [1.165, 1.54) is 0 Å². The Hall–Kier alpha value is -1.89. The second-order valence-electron chi connectivity index (χ2n) is 5.82. The van der Waals surface area contributed by atoms with E-state index >= 15 is 0 Å². The predicted octanol–water partition coefficient (Wildman–Crippen LogP) is 1.04. The van der Waals surface area contributed by atoms with Crippen molar-refractivity contribution in [2.75, 3.05) is 23.0 Å². The highest BCUT2D eigenvalue weighted by Crippen LogP contribution is 2.17. The van der Waals surface area contributed by atoms with Gasteiger partial charge in [0.2, 0.25) is 11.8 Å². The molecule has 1 aliphatic heterocycles. The lowest BCUT2D eigenvalue weighted by molar-refractivity contribution is -0.128. The molecular weight excluding hydrogens is 316 g/mol. The third-order valence-electron chi connectivity index (χ3n) is 3.84. The Morgan fingerprint density at radius 3 is 2.65 bits per heavy atom. The van der Waals surface area contributed by atoms with E-state index in [0.29, 0.717) is 13.0 Å². The first kappa shape index (κ1) is 17.5. The number of sulfone groups is 1. The topological polar surface area (TPSA) is 83.6 Å². The van der Waals surface area contributed by atoms with E-state index in [9.17, 15) is 18.0 Å². The van der Waals surface area contributed by atoms with Crippen LogP contribution in [0, 0.1) is 6.92 Å². The fourth-order valence-electron chi connectivity index (χ4n) is 2.72. The minimum atomic E-state index is -3.05. The quantitative estimate of drug-likeness (QED) is 0.813. The van der Waals surface area contributed by atoms with Crippen LogP contribution in [0.4, 0.5) is 5.69 Å². The molecule has 0 aliphatic carbocycles. The summed E-state index contributed by atoms with van der Waals surface area (Å²) in [6.45, 7) is 4.25. The molecule has 2 rings (SSSR count). The van der Waals surface area contributed by atoms with Gasteiger partial charge in [-0.3, -0.25) is 9.59 Å². The van der Waals surface area contributed by atoms with Gasteiger partial charge in [-0.2, -0.15) is 0 Å². The van der Waals surface area contributed by atoms with Gasteiger partial charge in [0.05, 0.1) is 11.5 Å². The van der Waals surface area contributed by atoms with Crippen molar-refractivity contribution in [3.05, 3.63) is 29.8 Å². The van der Waals surface area contributed by atoms with Crippen molar-refractivity contribution < 1.29 is 18.0 Å². The Kier molecular flexibility index (Phi) is 5.41. The van der Waals surface area contributed by atoms with Crippen LogP contribution in [0.15, 0.2) is 24.3 Å². The zero-order valence-electron chi connectivity index (χ0n) is 13.4. The molecule has 0 spiro atoms. The van der Waals surface area contributed by atoms with Crippen LogP contribution >= 0.6 is 0 Å². The molecule has 1 heterocycles. The molecule has 23 heavy (non-hydrogen) atoms. The summed E-state index contributed by atoms with van der Waals surface area (Å²) in [5.41, 5.74) is 1.79. The minimum Gasteiger partial charge on any atom is -0.352 e. The third-order valence-corrected chi connectivity index (χ3v) is 5.61. The van der Waals surface area contributed by atoms with Crippen molar-refractivity contribution in [3.63, 3.8) is 0 Å². The van der Waals surface area contributed by atoms with Crippen molar-refractivity contribution in [1.82, 2.24) is 5.32 Å². The smallest absolute Gasteiger partial charge is 0.236 e. The number of carbonyl (C=O) groups excluding carboxylic acids is 2. The number of hydrogen-bond donors (Lipinski definition) is 1. The summed E-state index contributed by atoms with van der Waals surface area (Å²) in [6.07, 6.45) is 0.135. The van der Waals surface area contributed by atoms with Crippen LogP contribution in [0.2, 0.25) is 0 Å². The number of aryl methyl sites for hydroxylation is 1. The normalized spacial score (nSPS) is 19.3. The molecule has 1 fully saturated rings. The number of amides is 2. The average Bonchev–Trinajstić information content (AvgIpc) is 2.78. The predicted molar refractivity (Wildman–Crippen MR) is 89.0 cm³/mol. The van der Waals surface area contributed by atoms with E-state index < -0.39 is 15.7 Å². The van der Waals surface area contributed by atoms with Gasteiger partial charge in [-0.05, 0) is 38.0 Å². The van der Waals surface area contributed by atoms with Crippen LogP contribution in [-0.4, -0.2) is 44.3 Å². The zero-order valence-corrected chi connectivity index (χ0v) is 14.2. The summed E-state index contributed by atoms with van der Waals surface area (Å²) in [4.78, 5) is 25.9. The Balaban J connectivity index is 1.95. The molecule has 7 heteroatoms. The number of nitrogens with zero attached hydrogens (tertiary/aromatic N) is 1. The molecule has 2 amide bonds. The van der Waals surface area contributed by atoms with Crippen LogP contribution in [-0.2, 0) is 19.4 Å². The largest absolute Gasteiger partial charge is 0.352 e. The van der Waals surface area contributed by atoms with Gasteiger partial charge in [0.15, 0.2) is 9.84 Å². The molecule has 1 aromatic carbocycles. The van der Waals surface area contributed by atoms with Crippen LogP contribution in [0.3, 0.4) is 0 Å². The molecule has 0 radical (unpaired) electrons. The Labute approximate surface area is 136 Å². The summed E-state index contributed by atoms with van der Waals surface area (Å²) in [5.74, 6) is -0.668. The second-order valence-corrected chi connectivity index (χ2v) is 8.05. The molecule has 1 atom stereocenters. The number of carbonyl (C=O) groups is 2. The number of benzene rings is 1. The van der Waals surface area contributed by atoms with Crippen molar-refractivity contribution in [3.8, 4) is 0 Å². The van der Waals surface area contributed by atoms with Crippen molar-refractivity contribution in [2.45, 2.75) is 32.7 Å². The Bertz CT molecular complexity index is 700. The summed E-state index contributed by atoms with van der Waals surface area (Å²) in [7, 11) is -3.05.